The average Bonchev–Trinajstić information content (AvgIpc) is 3.14. The molecule has 0 radical (unpaired) electrons. The number of anilines is 2. The van der Waals surface area contributed by atoms with Crippen molar-refractivity contribution in [1.82, 2.24) is 0 Å². The Balaban J connectivity index is 2.11. The molecule has 0 bridgehead atoms. The summed E-state index contributed by atoms with van der Waals surface area (Å²) in [6.45, 7) is 2.14. The summed E-state index contributed by atoms with van der Waals surface area (Å²) < 4.78 is 31.7. The molecule has 0 saturated heterocycles. The van der Waals surface area contributed by atoms with E-state index >= 15 is 0 Å². The van der Waals surface area contributed by atoms with Crippen molar-refractivity contribution in [2.75, 3.05) is 29.1 Å². The van der Waals surface area contributed by atoms with Crippen molar-refractivity contribution < 1.29 is 22.9 Å². The lowest BCUT2D eigenvalue weighted by atomic mass is 10.1. The number of methoxy groups -OCH3 is 1. The van der Waals surface area contributed by atoms with Gasteiger partial charge in [-0.15, -0.1) is 0 Å². The predicted octanol–water partition coefficient (Wildman–Crippen LogP) is 2.74. The highest BCUT2D eigenvalue weighted by Gasteiger charge is 2.38. The van der Waals surface area contributed by atoms with Gasteiger partial charge in [-0.1, -0.05) is 25.1 Å². The van der Waals surface area contributed by atoms with E-state index < -0.39 is 21.0 Å². The molecule has 2 aromatic rings. The van der Waals surface area contributed by atoms with E-state index in [0.717, 1.165) is 27.9 Å². The maximum absolute atomic E-state index is 13.5. The lowest BCUT2D eigenvalue weighted by molar-refractivity contribution is -0.384. The van der Waals surface area contributed by atoms with Crippen molar-refractivity contribution in [3.63, 3.8) is 0 Å². The van der Waals surface area contributed by atoms with Crippen LogP contribution in [0.25, 0.3) is 0 Å². The van der Waals surface area contributed by atoms with E-state index in [2.05, 4.69) is 0 Å². The first-order valence-electron chi connectivity index (χ1n) is 9.40. The molecular weight excluding hydrogens is 410 g/mol. The van der Waals surface area contributed by atoms with Crippen LogP contribution in [-0.4, -0.2) is 45.2 Å². The highest BCUT2D eigenvalue weighted by Crippen LogP contribution is 2.37. The Labute approximate surface area is 175 Å². The minimum absolute atomic E-state index is 0.0399. The van der Waals surface area contributed by atoms with Crippen LogP contribution in [-0.2, 0) is 21.2 Å². The fourth-order valence-electron chi connectivity index (χ4n) is 3.73. The fourth-order valence-corrected chi connectivity index (χ4v) is 4.93. The molecule has 2 aromatic carbocycles. The third-order valence-corrected chi connectivity index (χ3v) is 6.24. The molecule has 0 aliphatic carbocycles. The van der Waals surface area contributed by atoms with E-state index in [1.54, 1.807) is 11.8 Å². The number of carbonyl (C=O) groups excluding carboxylic acids is 1. The van der Waals surface area contributed by atoms with E-state index in [4.69, 9.17) is 4.74 Å². The van der Waals surface area contributed by atoms with Gasteiger partial charge >= 0.3 is 0 Å². The number of benzene rings is 2. The number of para-hydroxylation sites is 1. The molecule has 1 heterocycles. The Morgan fingerprint density at radius 2 is 2.00 bits per heavy atom. The normalized spacial score (nSPS) is 14.2. The van der Waals surface area contributed by atoms with Crippen LogP contribution in [0.3, 0.4) is 0 Å². The van der Waals surface area contributed by atoms with Crippen molar-refractivity contribution >= 4 is 33.0 Å². The monoisotopic (exact) mass is 433 g/mol. The number of nitrogens with zero attached hydrogens (tertiary/aromatic N) is 3. The summed E-state index contributed by atoms with van der Waals surface area (Å²) in [6, 6.07) is 10.1. The lowest BCUT2D eigenvalue weighted by Crippen LogP contribution is -2.50. The van der Waals surface area contributed by atoms with Crippen LogP contribution in [0.2, 0.25) is 0 Å². The lowest BCUT2D eigenvalue weighted by Gasteiger charge is -2.33. The quantitative estimate of drug-likeness (QED) is 0.490. The van der Waals surface area contributed by atoms with Crippen molar-refractivity contribution in [2.45, 2.75) is 25.8 Å². The number of nitro groups is 1. The van der Waals surface area contributed by atoms with Gasteiger partial charge in [0.15, 0.2) is 0 Å². The van der Waals surface area contributed by atoms with Gasteiger partial charge in [0.05, 0.1) is 18.3 Å². The molecule has 10 heteroatoms. The molecule has 1 aliphatic rings. The third-order valence-electron chi connectivity index (χ3n) is 5.08. The standard InChI is InChI=1S/C20H23N3O6S/c1-4-16(20(24)21-12-11-14-7-5-6-8-17(14)21)22(30(3,27)28)18-13-15(23(25)26)9-10-19(18)29-2/h5-10,13,16H,4,11-12H2,1-3H3/t16-/m0/s1. The summed E-state index contributed by atoms with van der Waals surface area (Å²) in [4.78, 5) is 25.7. The first-order valence-corrected chi connectivity index (χ1v) is 11.2. The number of non-ortho nitro benzene ring substituents is 1. The maximum Gasteiger partial charge on any atom is 0.271 e. The largest absolute Gasteiger partial charge is 0.495 e. The number of carbonyl (C=O) groups is 1. The number of amides is 1. The van der Waals surface area contributed by atoms with Crippen LogP contribution >= 0.6 is 0 Å². The summed E-state index contributed by atoms with van der Waals surface area (Å²) in [6.07, 6.45) is 1.83. The number of hydrogen-bond acceptors (Lipinski definition) is 6. The fraction of sp³-hybridized carbons (Fsp3) is 0.350. The third kappa shape index (κ3) is 3.95. The van der Waals surface area contributed by atoms with Gasteiger partial charge in [0.1, 0.15) is 17.5 Å². The second-order valence-electron chi connectivity index (χ2n) is 6.96. The number of sulfonamides is 1. The molecule has 0 spiro atoms. The molecule has 1 aliphatic heterocycles. The first kappa shape index (κ1) is 21.6. The topological polar surface area (TPSA) is 110 Å². The highest BCUT2D eigenvalue weighted by molar-refractivity contribution is 7.92. The van der Waals surface area contributed by atoms with Crippen LogP contribution in [0.5, 0.6) is 5.75 Å². The zero-order valence-corrected chi connectivity index (χ0v) is 17.8. The molecule has 0 saturated carbocycles. The molecule has 0 N–H and O–H groups in total. The first-order chi connectivity index (χ1) is 14.2. The molecule has 0 fully saturated rings. The van der Waals surface area contributed by atoms with Crippen LogP contribution in [0.1, 0.15) is 18.9 Å². The Kier molecular flexibility index (Phi) is 5.97. The smallest absolute Gasteiger partial charge is 0.271 e. The van der Waals surface area contributed by atoms with Gasteiger partial charge in [0.25, 0.3) is 11.6 Å². The molecule has 1 atom stereocenters. The van der Waals surface area contributed by atoms with Gasteiger partial charge in [-0.25, -0.2) is 8.42 Å². The van der Waals surface area contributed by atoms with E-state index in [1.165, 1.54) is 19.2 Å². The summed E-state index contributed by atoms with van der Waals surface area (Å²) in [5.74, 6) is -0.263. The Morgan fingerprint density at radius 1 is 1.30 bits per heavy atom. The Morgan fingerprint density at radius 3 is 2.60 bits per heavy atom. The number of rotatable bonds is 7. The van der Waals surface area contributed by atoms with E-state index in [1.807, 2.05) is 24.3 Å². The van der Waals surface area contributed by atoms with Crippen molar-refractivity contribution in [3.05, 3.63) is 58.1 Å². The van der Waals surface area contributed by atoms with E-state index in [0.29, 0.717) is 13.0 Å². The minimum Gasteiger partial charge on any atom is -0.495 e. The van der Waals surface area contributed by atoms with Crippen LogP contribution < -0.4 is 13.9 Å². The SMILES string of the molecule is CC[C@@H](C(=O)N1CCc2ccccc21)N(c1cc([N+](=O)[O-])ccc1OC)S(C)(=O)=O. The molecule has 0 unspecified atom stereocenters. The molecule has 3 rings (SSSR count). The van der Waals surface area contributed by atoms with Gasteiger partial charge in [-0.05, 0) is 30.5 Å². The molecule has 9 nitrogen and oxygen atoms in total. The predicted molar refractivity (Wildman–Crippen MR) is 114 cm³/mol. The van der Waals surface area contributed by atoms with E-state index in [9.17, 15) is 23.3 Å². The zero-order valence-electron chi connectivity index (χ0n) is 16.9. The van der Waals surface area contributed by atoms with Crippen molar-refractivity contribution in [3.8, 4) is 5.75 Å². The summed E-state index contributed by atoms with van der Waals surface area (Å²) in [5, 5.41) is 11.3. The summed E-state index contributed by atoms with van der Waals surface area (Å²) >= 11 is 0. The van der Waals surface area contributed by atoms with Crippen LogP contribution in [0, 0.1) is 10.1 Å². The molecule has 1 amide bonds. The van der Waals surface area contributed by atoms with Crippen LogP contribution in [0.4, 0.5) is 17.1 Å². The number of ether oxygens (including phenoxy) is 1. The number of fused-ring (bicyclic) bond motifs is 1. The average molecular weight is 433 g/mol. The number of nitro benzene ring substituents is 1. The van der Waals surface area contributed by atoms with Gasteiger partial charge in [-0.2, -0.15) is 0 Å². The van der Waals surface area contributed by atoms with Gasteiger partial charge < -0.3 is 9.64 Å². The molecule has 30 heavy (non-hydrogen) atoms. The van der Waals surface area contributed by atoms with E-state index in [-0.39, 0.29) is 29.5 Å². The maximum atomic E-state index is 13.5. The van der Waals surface area contributed by atoms with Crippen molar-refractivity contribution in [2.24, 2.45) is 0 Å². The highest BCUT2D eigenvalue weighted by atomic mass is 32.2. The summed E-state index contributed by atoms with van der Waals surface area (Å²) in [7, 11) is -2.64. The minimum atomic E-state index is -3.97. The van der Waals surface area contributed by atoms with Crippen molar-refractivity contribution in [1.29, 1.82) is 0 Å². The zero-order chi connectivity index (χ0) is 22.1. The summed E-state index contributed by atoms with van der Waals surface area (Å²) in [5.41, 5.74) is 1.43. The molecule has 160 valence electrons. The second kappa shape index (κ2) is 8.31. The Bertz CT molecular complexity index is 1090. The number of hydrogen-bond donors (Lipinski definition) is 0. The Hall–Kier alpha value is -3.14. The van der Waals surface area contributed by atoms with Gasteiger partial charge in [0.2, 0.25) is 10.0 Å². The van der Waals surface area contributed by atoms with Crippen LogP contribution in [0.15, 0.2) is 42.5 Å². The van der Waals surface area contributed by atoms with Gasteiger partial charge in [-0.3, -0.25) is 19.2 Å². The van der Waals surface area contributed by atoms with Gasteiger partial charge in [0, 0.05) is 24.4 Å². The molecular formula is C20H23N3O6S. The molecule has 0 aromatic heterocycles. The second-order valence-corrected chi connectivity index (χ2v) is 8.82.